The Morgan fingerprint density at radius 3 is 2.24 bits per heavy atom. The molecule has 5 heteroatoms. The maximum absolute atomic E-state index is 11.4. The molecule has 3 rings (SSSR count). The van der Waals surface area contributed by atoms with Gasteiger partial charge in [0.05, 0.1) is 12.7 Å². The molecule has 0 aliphatic carbocycles. The maximum atomic E-state index is 11.4. The third kappa shape index (κ3) is 6.17. The van der Waals surface area contributed by atoms with E-state index in [1.807, 2.05) is 59.9 Å². The van der Waals surface area contributed by atoms with E-state index in [4.69, 9.17) is 4.74 Å². The number of rotatable bonds is 9. The van der Waals surface area contributed by atoms with Crippen molar-refractivity contribution in [1.29, 1.82) is 0 Å². The van der Waals surface area contributed by atoms with Gasteiger partial charge in [-0.3, -0.25) is 0 Å². The van der Waals surface area contributed by atoms with Crippen molar-refractivity contribution in [2.75, 3.05) is 20.3 Å². The molecule has 0 heterocycles. The summed E-state index contributed by atoms with van der Waals surface area (Å²) in [7, 11) is 1.37. The zero-order chi connectivity index (χ0) is 20.5. The first kappa shape index (κ1) is 20.6. The van der Waals surface area contributed by atoms with Crippen LogP contribution in [0.4, 0.5) is 0 Å². The molecule has 0 fully saturated rings. The van der Waals surface area contributed by atoms with Gasteiger partial charge in [0.15, 0.2) is 0 Å². The van der Waals surface area contributed by atoms with Crippen molar-refractivity contribution < 1.29 is 24.7 Å². The van der Waals surface area contributed by atoms with Gasteiger partial charge in [0.1, 0.15) is 31.5 Å². The molecule has 29 heavy (non-hydrogen) atoms. The molecule has 0 bridgehead atoms. The van der Waals surface area contributed by atoms with Crippen LogP contribution in [0.15, 0.2) is 78.9 Å². The molecule has 3 N–H and O–H groups in total. The van der Waals surface area contributed by atoms with E-state index >= 15 is 0 Å². The van der Waals surface area contributed by atoms with E-state index in [1.165, 1.54) is 7.11 Å². The summed E-state index contributed by atoms with van der Waals surface area (Å²) in [4.78, 5) is 11.4. The lowest BCUT2D eigenvalue weighted by Crippen LogP contribution is -2.85. The van der Waals surface area contributed by atoms with Gasteiger partial charge < -0.3 is 19.9 Å². The van der Waals surface area contributed by atoms with Crippen molar-refractivity contribution in [3.63, 3.8) is 0 Å². The fourth-order valence-corrected chi connectivity index (χ4v) is 2.97. The van der Waals surface area contributed by atoms with Crippen molar-refractivity contribution >= 4 is 5.97 Å². The van der Waals surface area contributed by atoms with E-state index in [0.29, 0.717) is 18.7 Å². The number of esters is 1. The normalized spacial score (nSPS) is 11.7. The number of hydrogen-bond acceptors (Lipinski definition) is 4. The smallest absolute Gasteiger partial charge is 0.337 e. The van der Waals surface area contributed by atoms with Crippen LogP contribution in [0, 0.1) is 0 Å². The molecule has 0 aromatic heterocycles. The summed E-state index contributed by atoms with van der Waals surface area (Å²) in [5.41, 5.74) is 3.89. The van der Waals surface area contributed by atoms with Crippen molar-refractivity contribution in [2.24, 2.45) is 0 Å². The molecule has 0 amide bonds. The van der Waals surface area contributed by atoms with Crippen molar-refractivity contribution in [3.8, 4) is 16.9 Å². The van der Waals surface area contributed by atoms with E-state index in [0.717, 1.165) is 22.4 Å². The second kappa shape index (κ2) is 10.4. The Hall–Kier alpha value is -3.15. The summed E-state index contributed by atoms with van der Waals surface area (Å²) in [6.07, 6.45) is -0.571. The standard InChI is InChI=1S/C24H25NO4/c1-28-24(27)21-9-7-18(8-10-21)15-25-16-22(26)17-29-23-13-11-20(12-14-23)19-5-3-2-4-6-19/h2-14,22,25-26H,15-17H2,1H3/p+1/t22-/m0/s1. The second-order valence-corrected chi connectivity index (χ2v) is 6.77. The van der Waals surface area contributed by atoms with Gasteiger partial charge in [0, 0.05) is 5.56 Å². The van der Waals surface area contributed by atoms with Crippen LogP contribution in [-0.4, -0.2) is 37.4 Å². The van der Waals surface area contributed by atoms with Crippen LogP contribution in [0.5, 0.6) is 5.75 Å². The number of benzene rings is 3. The molecule has 0 spiro atoms. The third-order valence-corrected chi connectivity index (χ3v) is 4.60. The maximum Gasteiger partial charge on any atom is 0.337 e. The number of aliphatic hydroxyl groups is 1. The topological polar surface area (TPSA) is 72.4 Å². The van der Waals surface area contributed by atoms with E-state index in [-0.39, 0.29) is 12.6 Å². The summed E-state index contributed by atoms with van der Waals surface area (Å²) in [5.74, 6) is 0.395. The minimum Gasteiger partial charge on any atom is -0.491 e. The number of hydrogen-bond donors (Lipinski definition) is 2. The monoisotopic (exact) mass is 392 g/mol. The lowest BCUT2D eigenvalue weighted by Gasteiger charge is -2.12. The minimum absolute atomic E-state index is 0.239. The SMILES string of the molecule is COC(=O)c1ccc(C[NH2+]C[C@H](O)COc2ccc(-c3ccccc3)cc2)cc1. The number of methoxy groups -OCH3 is 1. The lowest BCUT2D eigenvalue weighted by atomic mass is 10.1. The summed E-state index contributed by atoms with van der Waals surface area (Å²) in [6, 6.07) is 25.3. The molecule has 0 saturated heterocycles. The van der Waals surface area contributed by atoms with Crippen LogP contribution in [0.1, 0.15) is 15.9 Å². The van der Waals surface area contributed by atoms with Gasteiger partial charge in [-0.05, 0) is 35.4 Å². The minimum atomic E-state index is -0.571. The van der Waals surface area contributed by atoms with Crippen LogP contribution < -0.4 is 10.1 Å². The molecule has 0 saturated carbocycles. The Labute approximate surface area is 170 Å². The van der Waals surface area contributed by atoms with Crippen molar-refractivity contribution in [1.82, 2.24) is 0 Å². The molecule has 0 unspecified atom stereocenters. The average molecular weight is 392 g/mol. The number of aliphatic hydroxyl groups excluding tert-OH is 1. The second-order valence-electron chi connectivity index (χ2n) is 6.77. The predicted octanol–water partition coefficient (Wildman–Crippen LogP) is 2.64. The average Bonchev–Trinajstić information content (AvgIpc) is 2.78. The van der Waals surface area contributed by atoms with Crippen LogP contribution >= 0.6 is 0 Å². The summed E-state index contributed by atoms with van der Waals surface area (Å²) in [6.45, 7) is 1.48. The van der Waals surface area contributed by atoms with Gasteiger partial charge in [-0.1, -0.05) is 54.6 Å². The highest BCUT2D eigenvalue weighted by molar-refractivity contribution is 5.89. The fraction of sp³-hybridized carbons (Fsp3) is 0.208. The molecule has 0 aliphatic rings. The zero-order valence-corrected chi connectivity index (χ0v) is 16.5. The van der Waals surface area contributed by atoms with E-state index in [2.05, 4.69) is 16.9 Å². The Morgan fingerprint density at radius 2 is 1.59 bits per heavy atom. The van der Waals surface area contributed by atoms with Crippen LogP contribution in [0.25, 0.3) is 11.1 Å². The largest absolute Gasteiger partial charge is 0.491 e. The number of carbonyl (C=O) groups is 1. The number of nitrogens with two attached hydrogens (primary N) is 1. The molecule has 150 valence electrons. The summed E-state index contributed by atoms with van der Waals surface area (Å²) < 4.78 is 10.4. The van der Waals surface area contributed by atoms with Crippen LogP contribution in [0.2, 0.25) is 0 Å². The highest BCUT2D eigenvalue weighted by Crippen LogP contribution is 2.22. The van der Waals surface area contributed by atoms with E-state index < -0.39 is 6.10 Å². The highest BCUT2D eigenvalue weighted by atomic mass is 16.5. The lowest BCUT2D eigenvalue weighted by molar-refractivity contribution is -0.676. The number of quaternary nitrogens is 1. The molecule has 3 aromatic rings. The zero-order valence-electron chi connectivity index (χ0n) is 16.5. The molecule has 0 radical (unpaired) electrons. The fourth-order valence-electron chi connectivity index (χ4n) is 2.97. The van der Waals surface area contributed by atoms with Crippen molar-refractivity contribution in [2.45, 2.75) is 12.6 Å². The first-order valence-corrected chi connectivity index (χ1v) is 9.61. The van der Waals surface area contributed by atoms with Crippen molar-refractivity contribution in [3.05, 3.63) is 90.0 Å². The Balaban J connectivity index is 1.40. The van der Waals surface area contributed by atoms with Gasteiger partial charge in [-0.25, -0.2) is 4.79 Å². The Bertz CT molecular complexity index is 892. The first-order chi connectivity index (χ1) is 14.2. The Kier molecular flexibility index (Phi) is 7.39. The molecule has 0 aliphatic heterocycles. The van der Waals surface area contributed by atoms with Crippen LogP contribution in [-0.2, 0) is 11.3 Å². The number of carbonyl (C=O) groups excluding carboxylic acids is 1. The van der Waals surface area contributed by atoms with E-state index in [9.17, 15) is 9.90 Å². The van der Waals surface area contributed by atoms with Crippen LogP contribution in [0.3, 0.4) is 0 Å². The number of ether oxygens (including phenoxy) is 2. The van der Waals surface area contributed by atoms with Gasteiger partial charge in [0.2, 0.25) is 0 Å². The highest BCUT2D eigenvalue weighted by Gasteiger charge is 2.09. The quantitative estimate of drug-likeness (QED) is 0.549. The van der Waals surface area contributed by atoms with Gasteiger partial charge in [-0.15, -0.1) is 0 Å². The molecule has 1 atom stereocenters. The van der Waals surface area contributed by atoms with E-state index in [1.54, 1.807) is 12.1 Å². The molecular weight excluding hydrogens is 366 g/mol. The van der Waals surface area contributed by atoms with Gasteiger partial charge >= 0.3 is 5.97 Å². The first-order valence-electron chi connectivity index (χ1n) is 9.61. The molecular formula is C24H26NO4+. The molecule has 5 nitrogen and oxygen atoms in total. The third-order valence-electron chi connectivity index (χ3n) is 4.60. The van der Waals surface area contributed by atoms with Gasteiger partial charge in [-0.2, -0.15) is 0 Å². The summed E-state index contributed by atoms with van der Waals surface area (Å²) >= 11 is 0. The molecule has 3 aromatic carbocycles. The van der Waals surface area contributed by atoms with Gasteiger partial charge in [0.25, 0.3) is 0 Å². The predicted molar refractivity (Wildman–Crippen MR) is 112 cm³/mol. The summed E-state index contributed by atoms with van der Waals surface area (Å²) in [5, 5.41) is 12.2. The Morgan fingerprint density at radius 1 is 0.931 bits per heavy atom.